The first-order valence-corrected chi connectivity index (χ1v) is 12.8. The van der Waals surface area contributed by atoms with Gasteiger partial charge in [0, 0.05) is 31.0 Å². The number of anilines is 1. The van der Waals surface area contributed by atoms with Gasteiger partial charge in [0.05, 0.1) is 11.9 Å². The molecule has 1 N–H and O–H groups in total. The van der Waals surface area contributed by atoms with Crippen LogP contribution in [0.4, 0.5) is 5.69 Å². The summed E-state index contributed by atoms with van der Waals surface area (Å²) in [6.07, 6.45) is 9.46. The number of rotatable bonds is 3. The van der Waals surface area contributed by atoms with E-state index in [2.05, 4.69) is 31.1 Å². The first-order valence-electron chi connectivity index (χ1n) is 12.8. The molecule has 1 aromatic rings. The molecule has 0 aromatic carbocycles. The zero-order valence-electron chi connectivity index (χ0n) is 20.9. The minimum absolute atomic E-state index is 0.0434. The fourth-order valence-electron chi connectivity index (χ4n) is 8.52. The summed E-state index contributed by atoms with van der Waals surface area (Å²) in [5.74, 6) is 2.59. The van der Waals surface area contributed by atoms with Gasteiger partial charge in [-0.1, -0.05) is 19.4 Å². The number of nitriles is 1. The van der Waals surface area contributed by atoms with Gasteiger partial charge in [-0.15, -0.1) is 0 Å². The fraction of sp³-hybridized carbons (Fsp3) is 0.643. The van der Waals surface area contributed by atoms with E-state index in [9.17, 15) is 9.59 Å². The predicted molar refractivity (Wildman–Crippen MR) is 130 cm³/mol. The second-order valence-electron chi connectivity index (χ2n) is 11.7. The Morgan fingerprint density at radius 2 is 2.03 bits per heavy atom. The van der Waals surface area contributed by atoms with E-state index in [0.29, 0.717) is 47.9 Å². The third-order valence-electron chi connectivity index (χ3n) is 10.1. The minimum Gasteiger partial charge on any atom is -0.325 e. The molecule has 2 heterocycles. The SMILES string of the molecule is CC1=C2N(C)C(=O)CC[C@]2(C)[C@H]2CC[C@]3(C)C(CC(=O)Nc4ccc(C#N)nc4)CC[C@H]3[C@@H]2C1. The lowest BCUT2D eigenvalue weighted by Crippen LogP contribution is -2.54. The summed E-state index contributed by atoms with van der Waals surface area (Å²) >= 11 is 0. The Hall–Kier alpha value is -2.68. The highest BCUT2D eigenvalue weighted by Crippen LogP contribution is 2.67. The molecule has 1 unspecified atom stereocenters. The van der Waals surface area contributed by atoms with Crippen molar-refractivity contribution in [2.75, 3.05) is 12.4 Å². The number of amides is 2. The van der Waals surface area contributed by atoms with E-state index in [-0.39, 0.29) is 22.6 Å². The quantitative estimate of drug-likeness (QED) is 0.665. The van der Waals surface area contributed by atoms with Crippen LogP contribution >= 0.6 is 0 Å². The van der Waals surface area contributed by atoms with Crippen molar-refractivity contribution in [1.82, 2.24) is 9.88 Å². The Kier molecular flexibility index (Phi) is 5.58. The van der Waals surface area contributed by atoms with Gasteiger partial charge in [-0.25, -0.2) is 4.98 Å². The lowest BCUT2D eigenvalue weighted by atomic mass is 9.48. The molecule has 2 saturated carbocycles. The Labute approximate surface area is 202 Å². The van der Waals surface area contributed by atoms with Gasteiger partial charge >= 0.3 is 0 Å². The van der Waals surface area contributed by atoms with E-state index in [1.54, 1.807) is 18.3 Å². The van der Waals surface area contributed by atoms with Crippen molar-refractivity contribution in [3.05, 3.63) is 35.3 Å². The maximum atomic E-state index is 12.9. The number of hydrogen-bond acceptors (Lipinski definition) is 4. The summed E-state index contributed by atoms with van der Waals surface area (Å²) in [6, 6.07) is 5.38. The van der Waals surface area contributed by atoms with E-state index in [1.165, 1.54) is 24.1 Å². The number of carbonyl (C=O) groups excluding carboxylic acids is 2. The van der Waals surface area contributed by atoms with Gasteiger partial charge in [0.2, 0.25) is 11.8 Å². The van der Waals surface area contributed by atoms with Crippen molar-refractivity contribution >= 4 is 17.5 Å². The number of allylic oxidation sites excluding steroid dienone is 2. The molecule has 3 fully saturated rings. The highest BCUT2D eigenvalue weighted by atomic mass is 16.2. The molecule has 1 saturated heterocycles. The van der Waals surface area contributed by atoms with Gasteiger partial charge in [-0.3, -0.25) is 9.59 Å². The number of carbonyl (C=O) groups is 2. The molecule has 0 radical (unpaired) electrons. The molecule has 1 aliphatic heterocycles. The van der Waals surface area contributed by atoms with Crippen LogP contribution in [0.25, 0.3) is 0 Å². The third kappa shape index (κ3) is 3.47. The lowest BCUT2D eigenvalue weighted by molar-refractivity contribution is -0.136. The normalized spacial score (nSPS) is 36.9. The zero-order chi connectivity index (χ0) is 24.3. The topological polar surface area (TPSA) is 86.1 Å². The predicted octanol–water partition coefficient (Wildman–Crippen LogP) is 5.28. The summed E-state index contributed by atoms with van der Waals surface area (Å²) in [7, 11) is 1.97. The number of piperidine rings is 1. The van der Waals surface area contributed by atoms with Crippen LogP contribution in [-0.2, 0) is 9.59 Å². The Morgan fingerprint density at radius 1 is 1.24 bits per heavy atom. The standard InChI is InChI=1S/C28H36N4O2/c1-17-13-21-22-8-5-18(14-24(33)31-20-7-6-19(15-29)30-16-20)27(22,2)11-9-23(21)28(3)12-10-25(34)32(4)26(17)28/h6-7,16,18,21-23H,5,8-14H2,1-4H3,(H,31,33)/t18?,21-,22-,23-,27+,28+/m0/s1. The summed E-state index contributed by atoms with van der Waals surface area (Å²) < 4.78 is 0. The smallest absolute Gasteiger partial charge is 0.226 e. The monoisotopic (exact) mass is 460 g/mol. The Morgan fingerprint density at radius 3 is 2.74 bits per heavy atom. The number of aromatic nitrogens is 1. The van der Waals surface area contributed by atoms with Crippen LogP contribution in [0, 0.1) is 45.8 Å². The average molecular weight is 461 g/mol. The van der Waals surface area contributed by atoms with Crippen LogP contribution in [-0.4, -0.2) is 28.7 Å². The van der Waals surface area contributed by atoms with Crippen LogP contribution in [0.3, 0.4) is 0 Å². The average Bonchev–Trinajstić information content (AvgIpc) is 3.13. The maximum absolute atomic E-state index is 12.9. The first kappa shape index (κ1) is 23.1. The van der Waals surface area contributed by atoms with Gasteiger partial charge in [0.15, 0.2) is 0 Å². The molecule has 1 aromatic heterocycles. The number of pyridine rings is 1. The molecule has 5 rings (SSSR count). The highest BCUT2D eigenvalue weighted by Gasteiger charge is 2.60. The molecular formula is C28H36N4O2. The Bertz CT molecular complexity index is 1090. The maximum Gasteiger partial charge on any atom is 0.226 e. The van der Waals surface area contributed by atoms with E-state index < -0.39 is 0 Å². The Balaban J connectivity index is 1.33. The van der Waals surface area contributed by atoms with Gasteiger partial charge in [0.1, 0.15) is 11.8 Å². The van der Waals surface area contributed by atoms with Crippen molar-refractivity contribution in [2.45, 2.75) is 72.1 Å². The third-order valence-corrected chi connectivity index (χ3v) is 10.1. The summed E-state index contributed by atoms with van der Waals surface area (Å²) in [5.41, 5.74) is 3.98. The van der Waals surface area contributed by atoms with Crippen molar-refractivity contribution < 1.29 is 9.59 Å². The molecule has 3 aliphatic carbocycles. The highest BCUT2D eigenvalue weighted by molar-refractivity contribution is 5.90. The number of fused-ring (bicyclic) bond motifs is 5. The number of nitrogens with zero attached hydrogens (tertiary/aromatic N) is 3. The van der Waals surface area contributed by atoms with E-state index in [4.69, 9.17) is 5.26 Å². The van der Waals surface area contributed by atoms with Gasteiger partial charge < -0.3 is 10.2 Å². The van der Waals surface area contributed by atoms with Gasteiger partial charge in [-0.05, 0) is 86.7 Å². The zero-order valence-corrected chi connectivity index (χ0v) is 20.9. The number of likely N-dealkylation sites (tertiary alicyclic amines) is 1. The minimum atomic E-state index is 0.0434. The van der Waals surface area contributed by atoms with Crippen LogP contribution in [0.1, 0.15) is 77.8 Å². The number of hydrogen-bond donors (Lipinski definition) is 1. The van der Waals surface area contributed by atoms with E-state index in [1.807, 2.05) is 18.0 Å². The molecule has 6 nitrogen and oxygen atoms in total. The van der Waals surface area contributed by atoms with Crippen molar-refractivity contribution in [3.63, 3.8) is 0 Å². The molecule has 2 amide bonds. The van der Waals surface area contributed by atoms with E-state index >= 15 is 0 Å². The fourth-order valence-corrected chi connectivity index (χ4v) is 8.52. The van der Waals surface area contributed by atoms with Crippen LogP contribution in [0.5, 0.6) is 0 Å². The molecule has 34 heavy (non-hydrogen) atoms. The second-order valence-corrected chi connectivity index (χ2v) is 11.7. The second kappa shape index (κ2) is 8.22. The summed E-state index contributed by atoms with van der Waals surface area (Å²) in [4.78, 5) is 31.4. The summed E-state index contributed by atoms with van der Waals surface area (Å²) in [5, 5.41) is 11.9. The molecule has 4 aliphatic rings. The molecule has 0 bridgehead atoms. The first-order chi connectivity index (χ1) is 16.2. The van der Waals surface area contributed by atoms with Crippen LogP contribution in [0.15, 0.2) is 29.6 Å². The molecular weight excluding hydrogens is 424 g/mol. The van der Waals surface area contributed by atoms with Crippen LogP contribution < -0.4 is 5.32 Å². The molecule has 6 heteroatoms. The lowest BCUT2D eigenvalue weighted by Gasteiger charge is -2.59. The van der Waals surface area contributed by atoms with E-state index in [0.717, 1.165) is 25.7 Å². The van der Waals surface area contributed by atoms with Gasteiger partial charge in [-0.2, -0.15) is 5.26 Å². The molecule has 6 atom stereocenters. The number of nitrogens with one attached hydrogen (secondary N) is 1. The largest absolute Gasteiger partial charge is 0.325 e. The van der Waals surface area contributed by atoms with Crippen LogP contribution in [0.2, 0.25) is 0 Å². The van der Waals surface area contributed by atoms with Crippen molar-refractivity contribution in [3.8, 4) is 6.07 Å². The molecule has 0 spiro atoms. The summed E-state index contributed by atoms with van der Waals surface area (Å²) in [6.45, 7) is 7.10. The van der Waals surface area contributed by atoms with Crippen molar-refractivity contribution in [2.24, 2.45) is 34.5 Å². The molecule has 180 valence electrons. The van der Waals surface area contributed by atoms with Gasteiger partial charge in [0.25, 0.3) is 0 Å². The van der Waals surface area contributed by atoms with Crippen molar-refractivity contribution in [1.29, 1.82) is 5.26 Å².